The summed E-state index contributed by atoms with van der Waals surface area (Å²) in [6.45, 7) is 7.56. The van der Waals surface area contributed by atoms with E-state index < -0.39 is 0 Å². The van der Waals surface area contributed by atoms with Crippen molar-refractivity contribution in [3.05, 3.63) is 38.7 Å². The van der Waals surface area contributed by atoms with Crippen LogP contribution in [0.3, 0.4) is 0 Å². The Kier molecular flexibility index (Phi) is 5.50. The summed E-state index contributed by atoms with van der Waals surface area (Å²) in [4.78, 5) is 30.8. The van der Waals surface area contributed by atoms with Crippen LogP contribution in [0.25, 0.3) is 10.2 Å². The van der Waals surface area contributed by atoms with Gasteiger partial charge in [-0.05, 0) is 49.1 Å². The Morgan fingerprint density at radius 3 is 2.70 bits per heavy atom. The molecule has 1 saturated heterocycles. The molecule has 7 heteroatoms. The fraction of sp³-hybridized carbons (Fsp3) is 0.522. The SMILES string of the molecule is CC[C@@H](C)c1nc(N2CCN(C(=O)c3cccs3)CC2)c2c3c(sc2n1)CCCC3. The van der Waals surface area contributed by atoms with Crippen LogP contribution in [0.1, 0.15) is 65.0 Å². The third kappa shape index (κ3) is 3.52. The highest BCUT2D eigenvalue weighted by Crippen LogP contribution is 2.40. The molecule has 1 atom stereocenters. The number of hydrogen-bond acceptors (Lipinski definition) is 6. The van der Waals surface area contributed by atoms with Gasteiger partial charge in [0.1, 0.15) is 16.5 Å². The Labute approximate surface area is 185 Å². The third-order valence-corrected chi connectivity index (χ3v) is 8.51. The molecule has 5 nitrogen and oxygen atoms in total. The number of hydrogen-bond donors (Lipinski definition) is 0. The van der Waals surface area contributed by atoms with Gasteiger partial charge in [0.2, 0.25) is 0 Å². The van der Waals surface area contributed by atoms with E-state index in [1.54, 1.807) is 0 Å². The van der Waals surface area contributed by atoms with Crippen LogP contribution >= 0.6 is 22.7 Å². The maximum Gasteiger partial charge on any atom is 0.264 e. The zero-order chi connectivity index (χ0) is 20.7. The van der Waals surface area contributed by atoms with Gasteiger partial charge in [0.15, 0.2) is 0 Å². The largest absolute Gasteiger partial charge is 0.352 e. The minimum Gasteiger partial charge on any atom is -0.352 e. The number of aromatic nitrogens is 2. The molecule has 158 valence electrons. The van der Waals surface area contributed by atoms with Crippen LogP contribution in [0, 0.1) is 0 Å². The highest BCUT2D eigenvalue weighted by molar-refractivity contribution is 7.19. The molecule has 30 heavy (non-hydrogen) atoms. The number of rotatable bonds is 4. The van der Waals surface area contributed by atoms with Crippen molar-refractivity contribution in [3.8, 4) is 0 Å². The predicted octanol–water partition coefficient (Wildman–Crippen LogP) is 5.11. The van der Waals surface area contributed by atoms with Crippen molar-refractivity contribution < 1.29 is 4.79 Å². The second kappa shape index (κ2) is 8.27. The van der Waals surface area contributed by atoms with Crippen molar-refractivity contribution >= 4 is 44.6 Å². The van der Waals surface area contributed by atoms with Crippen LogP contribution in [0.4, 0.5) is 5.82 Å². The normalized spacial score (nSPS) is 17.9. The van der Waals surface area contributed by atoms with E-state index in [1.165, 1.54) is 51.3 Å². The van der Waals surface area contributed by atoms with Crippen LogP contribution in [-0.2, 0) is 12.8 Å². The van der Waals surface area contributed by atoms with Crippen LogP contribution in [0.5, 0.6) is 0 Å². The molecule has 0 spiro atoms. The van der Waals surface area contributed by atoms with Crippen LogP contribution in [-0.4, -0.2) is 47.0 Å². The summed E-state index contributed by atoms with van der Waals surface area (Å²) in [6.07, 6.45) is 5.90. The number of fused-ring (bicyclic) bond motifs is 3. The molecule has 1 aliphatic carbocycles. The number of carbonyl (C=O) groups excluding carboxylic acids is 1. The summed E-state index contributed by atoms with van der Waals surface area (Å²) in [5.74, 6) is 2.59. The van der Waals surface area contributed by atoms with Gasteiger partial charge in [-0.25, -0.2) is 9.97 Å². The van der Waals surface area contributed by atoms with E-state index >= 15 is 0 Å². The molecule has 0 aromatic carbocycles. The van der Waals surface area contributed by atoms with E-state index in [9.17, 15) is 4.79 Å². The Balaban J connectivity index is 1.47. The van der Waals surface area contributed by atoms with Gasteiger partial charge in [-0.3, -0.25) is 4.79 Å². The molecule has 0 saturated carbocycles. The minimum atomic E-state index is 0.158. The average molecular weight is 441 g/mol. The first kappa shape index (κ1) is 19.9. The zero-order valence-corrected chi connectivity index (χ0v) is 19.3. The lowest BCUT2D eigenvalue weighted by atomic mass is 9.96. The molecule has 1 amide bonds. The molecular weight excluding hydrogens is 412 g/mol. The second-order valence-corrected chi connectivity index (χ2v) is 10.4. The van der Waals surface area contributed by atoms with E-state index in [0.29, 0.717) is 5.92 Å². The smallest absolute Gasteiger partial charge is 0.264 e. The molecule has 3 aromatic rings. The highest BCUT2D eigenvalue weighted by Gasteiger charge is 2.28. The standard InChI is InChI=1S/C23H28N4OS2/c1-3-15(2)20-24-21(19-16-7-4-5-8-17(16)30-22(19)25-20)26-10-12-27(13-11-26)23(28)18-9-6-14-29-18/h6,9,14-15H,3-5,7-8,10-13H2,1-2H3/t15-/m1/s1. The lowest BCUT2D eigenvalue weighted by Gasteiger charge is -2.36. The molecule has 1 fully saturated rings. The highest BCUT2D eigenvalue weighted by atomic mass is 32.1. The molecule has 1 aliphatic heterocycles. The van der Waals surface area contributed by atoms with Crippen molar-refractivity contribution in [1.82, 2.24) is 14.9 Å². The monoisotopic (exact) mass is 440 g/mol. The third-order valence-electron chi connectivity index (χ3n) is 6.46. The van der Waals surface area contributed by atoms with Crippen molar-refractivity contribution in [2.45, 2.75) is 51.9 Å². The van der Waals surface area contributed by atoms with Gasteiger partial charge in [0, 0.05) is 37.0 Å². The summed E-state index contributed by atoms with van der Waals surface area (Å²) in [7, 11) is 0. The van der Waals surface area contributed by atoms with Crippen LogP contribution in [0.2, 0.25) is 0 Å². The van der Waals surface area contributed by atoms with Gasteiger partial charge in [0.25, 0.3) is 5.91 Å². The lowest BCUT2D eigenvalue weighted by Crippen LogP contribution is -2.49. The predicted molar refractivity (Wildman–Crippen MR) is 125 cm³/mol. The van der Waals surface area contributed by atoms with Gasteiger partial charge in [-0.1, -0.05) is 19.9 Å². The molecule has 0 bridgehead atoms. The first-order chi connectivity index (χ1) is 14.7. The number of amides is 1. The topological polar surface area (TPSA) is 49.3 Å². The van der Waals surface area contributed by atoms with Gasteiger partial charge >= 0.3 is 0 Å². The lowest BCUT2D eigenvalue weighted by molar-refractivity contribution is 0.0751. The summed E-state index contributed by atoms with van der Waals surface area (Å²) >= 11 is 3.41. The Morgan fingerprint density at radius 1 is 1.17 bits per heavy atom. The molecular formula is C23H28N4OS2. The molecule has 0 N–H and O–H groups in total. The zero-order valence-electron chi connectivity index (χ0n) is 17.7. The van der Waals surface area contributed by atoms with Crippen molar-refractivity contribution in [3.63, 3.8) is 0 Å². The number of nitrogens with zero attached hydrogens (tertiary/aromatic N) is 4. The van der Waals surface area contributed by atoms with E-state index in [0.717, 1.165) is 55.5 Å². The van der Waals surface area contributed by atoms with Gasteiger partial charge in [-0.15, -0.1) is 22.7 Å². The number of carbonyl (C=O) groups is 1. The molecule has 5 rings (SSSR count). The number of aryl methyl sites for hydroxylation is 2. The van der Waals surface area contributed by atoms with E-state index in [-0.39, 0.29) is 5.91 Å². The Hall–Kier alpha value is -1.99. The average Bonchev–Trinajstić information content (AvgIpc) is 3.45. The number of thiophene rings is 2. The van der Waals surface area contributed by atoms with E-state index in [1.807, 2.05) is 33.7 Å². The fourth-order valence-corrected chi connectivity index (χ4v) is 6.42. The van der Waals surface area contributed by atoms with Gasteiger partial charge < -0.3 is 9.80 Å². The Bertz CT molecular complexity index is 1050. The molecule has 4 heterocycles. The maximum absolute atomic E-state index is 12.7. The van der Waals surface area contributed by atoms with Crippen molar-refractivity contribution in [1.29, 1.82) is 0 Å². The Morgan fingerprint density at radius 2 is 1.97 bits per heavy atom. The molecule has 0 unspecified atom stereocenters. The van der Waals surface area contributed by atoms with Crippen LogP contribution < -0.4 is 4.90 Å². The van der Waals surface area contributed by atoms with Gasteiger partial charge in [-0.2, -0.15) is 0 Å². The van der Waals surface area contributed by atoms with Gasteiger partial charge in [0.05, 0.1) is 10.3 Å². The van der Waals surface area contributed by atoms with E-state index in [2.05, 4.69) is 18.7 Å². The first-order valence-electron chi connectivity index (χ1n) is 11.1. The summed E-state index contributed by atoms with van der Waals surface area (Å²) in [5, 5.41) is 3.26. The second-order valence-electron chi connectivity index (χ2n) is 8.36. The van der Waals surface area contributed by atoms with Crippen LogP contribution in [0.15, 0.2) is 17.5 Å². The van der Waals surface area contributed by atoms with E-state index in [4.69, 9.17) is 9.97 Å². The summed E-state index contributed by atoms with van der Waals surface area (Å²) in [5.41, 5.74) is 1.49. The maximum atomic E-state index is 12.7. The number of piperazine rings is 1. The molecule has 0 radical (unpaired) electrons. The summed E-state index contributed by atoms with van der Waals surface area (Å²) in [6, 6.07) is 3.87. The number of anilines is 1. The quantitative estimate of drug-likeness (QED) is 0.566. The summed E-state index contributed by atoms with van der Waals surface area (Å²) < 4.78 is 0. The fourth-order valence-electron chi connectivity index (χ4n) is 4.46. The van der Waals surface area contributed by atoms with Crippen molar-refractivity contribution in [2.24, 2.45) is 0 Å². The minimum absolute atomic E-state index is 0.158. The molecule has 3 aromatic heterocycles. The molecule has 2 aliphatic rings. The first-order valence-corrected chi connectivity index (χ1v) is 12.7. The van der Waals surface area contributed by atoms with Crippen molar-refractivity contribution in [2.75, 3.05) is 31.1 Å².